The molecule has 0 aromatic heterocycles. The zero-order chi connectivity index (χ0) is 11.4. The highest BCUT2D eigenvalue weighted by molar-refractivity contribution is 7.98. The van der Waals surface area contributed by atoms with Gasteiger partial charge >= 0.3 is 0 Å². The minimum absolute atomic E-state index is 0.895. The topological polar surface area (TPSA) is 9.23 Å². The molecule has 0 bridgehead atoms. The van der Waals surface area contributed by atoms with Gasteiger partial charge in [0, 0.05) is 4.90 Å². The number of hydrogen-bond donors (Lipinski definition) is 0. The molecule has 0 spiro atoms. The Morgan fingerprint density at radius 1 is 0.938 bits per heavy atom. The summed E-state index contributed by atoms with van der Waals surface area (Å²) in [6, 6.07) is 16.6. The molecular formula is C14H14OS. The molecule has 82 valence electrons. The van der Waals surface area contributed by atoms with Crippen LogP contribution in [0.1, 0.15) is 0 Å². The third-order valence-corrected chi connectivity index (χ3v) is 3.20. The lowest BCUT2D eigenvalue weighted by Crippen LogP contribution is -1.83. The van der Waals surface area contributed by atoms with Gasteiger partial charge in [-0.2, -0.15) is 0 Å². The summed E-state index contributed by atoms with van der Waals surface area (Å²) in [6.07, 6.45) is 2.09. The first-order chi connectivity index (χ1) is 7.83. The fourth-order valence-corrected chi connectivity index (χ4v) is 2.06. The Bertz CT molecular complexity index is 434. The molecule has 0 aliphatic rings. The summed E-state index contributed by atoms with van der Waals surface area (Å²) in [7, 11) is 1.69. The second-order valence-corrected chi connectivity index (χ2v) is 4.34. The second-order valence-electron chi connectivity index (χ2n) is 3.46. The Morgan fingerprint density at radius 2 is 1.62 bits per heavy atom. The molecule has 2 aromatic rings. The largest absolute Gasteiger partial charge is 0.497 e. The summed E-state index contributed by atoms with van der Waals surface area (Å²) in [5.41, 5.74) is 2.42. The molecule has 0 N–H and O–H groups in total. The molecule has 0 unspecified atom stereocenters. The van der Waals surface area contributed by atoms with Crippen LogP contribution in [0.25, 0.3) is 11.1 Å². The smallest absolute Gasteiger partial charge is 0.119 e. The molecule has 0 saturated heterocycles. The van der Waals surface area contributed by atoms with Crippen molar-refractivity contribution in [3.05, 3.63) is 48.5 Å². The van der Waals surface area contributed by atoms with Gasteiger partial charge in [0.15, 0.2) is 0 Å². The molecule has 0 saturated carbocycles. The molecule has 0 fully saturated rings. The summed E-state index contributed by atoms with van der Waals surface area (Å²) < 4.78 is 5.23. The van der Waals surface area contributed by atoms with E-state index in [4.69, 9.17) is 4.74 Å². The van der Waals surface area contributed by atoms with Crippen LogP contribution in [0.5, 0.6) is 5.75 Å². The van der Waals surface area contributed by atoms with E-state index in [9.17, 15) is 0 Å². The van der Waals surface area contributed by atoms with E-state index >= 15 is 0 Å². The van der Waals surface area contributed by atoms with Crippen LogP contribution in [-0.2, 0) is 0 Å². The van der Waals surface area contributed by atoms with Gasteiger partial charge in [0.1, 0.15) is 5.75 Å². The van der Waals surface area contributed by atoms with E-state index in [0.717, 1.165) is 5.75 Å². The van der Waals surface area contributed by atoms with Gasteiger partial charge in [-0.1, -0.05) is 24.3 Å². The Labute approximate surface area is 100 Å². The van der Waals surface area contributed by atoms with Crippen LogP contribution < -0.4 is 4.74 Å². The predicted molar refractivity (Wildman–Crippen MR) is 70.2 cm³/mol. The molecule has 0 radical (unpaired) electrons. The van der Waals surface area contributed by atoms with Gasteiger partial charge in [-0.3, -0.25) is 0 Å². The number of hydrogen-bond acceptors (Lipinski definition) is 2. The maximum absolute atomic E-state index is 5.23. The highest BCUT2D eigenvalue weighted by atomic mass is 32.2. The Balaban J connectivity index is 2.41. The van der Waals surface area contributed by atoms with Gasteiger partial charge in [-0.15, -0.1) is 11.8 Å². The third kappa shape index (κ3) is 2.39. The summed E-state index contributed by atoms with van der Waals surface area (Å²) in [5, 5.41) is 0. The van der Waals surface area contributed by atoms with Crippen molar-refractivity contribution in [3.63, 3.8) is 0 Å². The van der Waals surface area contributed by atoms with Crippen molar-refractivity contribution in [1.29, 1.82) is 0 Å². The first kappa shape index (κ1) is 11.1. The van der Waals surface area contributed by atoms with Crippen LogP contribution in [0.15, 0.2) is 53.4 Å². The normalized spacial score (nSPS) is 10.1. The summed E-state index contributed by atoms with van der Waals surface area (Å²) in [4.78, 5) is 1.28. The fraction of sp³-hybridized carbons (Fsp3) is 0.143. The molecule has 0 aliphatic heterocycles. The SMILES string of the molecule is COc1cccc(-c2cccc(SC)c2)c1. The maximum Gasteiger partial charge on any atom is 0.119 e. The van der Waals surface area contributed by atoms with Crippen molar-refractivity contribution in [2.45, 2.75) is 4.90 Å². The molecule has 1 nitrogen and oxygen atoms in total. The molecule has 16 heavy (non-hydrogen) atoms. The van der Waals surface area contributed by atoms with E-state index < -0.39 is 0 Å². The van der Waals surface area contributed by atoms with E-state index in [1.54, 1.807) is 18.9 Å². The van der Waals surface area contributed by atoms with Gasteiger partial charge in [-0.05, 0) is 41.6 Å². The minimum atomic E-state index is 0.895. The Hall–Kier alpha value is -1.41. The molecule has 2 heteroatoms. The van der Waals surface area contributed by atoms with Crippen molar-refractivity contribution in [2.75, 3.05) is 13.4 Å². The first-order valence-corrected chi connectivity index (χ1v) is 6.34. The predicted octanol–water partition coefficient (Wildman–Crippen LogP) is 4.08. The monoisotopic (exact) mass is 230 g/mol. The van der Waals surface area contributed by atoms with E-state index in [2.05, 4.69) is 42.7 Å². The van der Waals surface area contributed by atoms with Crippen molar-refractivity contribution < 1.29 is 4.74 Å². The van der Waals surface area contributed by atoms with Crippen molar-refractivity contribution in [2.24, 2.45) is 0 Å². The molecule has 0 amide bonds. The van der Waals surface area contributed by atoms with Crippen LogP contribution in [0, 0.1) is 0 Å². The van der Waals surface area contributed by atoms with Crippen LogP contribution in [0.3, 0.4) is 0 Å². The van der Waals surface area contributed by atoms with Gasteiger partial charge in [0.05, 0.1) is 7.11 Å². The highest BCUT2D eigenvalue weighted by Gasteiger charge is 2.00. The average molecular weight is 230 g/mol. The van der Waals surface area contributed by atoms with Crippen molar-refractivity contribution in [3.8, 4) is 16.9 Å². The standard InChI is InChI=1S/C14H14OS/c1-15-13-7-3-5-11(9-13)12-6-4-8-14(10-12)16-2/h3-10H,1-2H3. The van der Waals surface area contributed by atoms with E-state index in [0.29, 0.717) is 0 Å². The van der Waals surface area contributed by atoms with Crippen molar-refractivity contribution >= 4 is 11.8 Å². The maximum atomic E-state index is 5.23. The third-order valence-electron chi connectivity index (χ3n) is 2.47. The van der Waals surface area contributed by atoms with Gasteiger partial charge in [0.2, 0.25) is 0 Å². The minimum Gasteiger partial charge on any atom is -0.497 e. The summed E-state index contributed by atoms with van der Waals surface area (Å²) in [6.45, 7) is 0. The highest BCUT2D eigenvalue weighted by Crippen LogP contribution is 2.26. The zero-order valence-electron chi connectivity index (χ0n) is 9.44. The lowest BCUT2D eigenvalue weighted by atomic mass is 10.1. The van der Waals surface area contributed by atoms with E-state index in [1.165, 1.54) is 16.0 Å². The first-order valence-electron chi connectivity index (χ1n) is 5.12. The number of rotatable bonds is 3. The van der Waals surface area contributed by atoms with Crippen LogP contribution >= 0.6 is 11.8 Å². The zero-order valence-corrected chi connectivity index (χ0v) is 10.3. The molecule has 2 aromatic carbocycles. The molecule has 0 aliphatic carbocycles. The molecule has 2 rings (SSSR count). The number of methoxy groups -OCH3 is 1. The Morgan fingerprint density at radius 3 is 2.31 bits per heavy atom. The van der Waals surface area contributed by atoms with Crippen LogP contribution in [0.2, 0.25) is 0 Å². The molecule has 0 atom stereocenters. The number of benzene rings is 2. The van der Waals surface area contributed by atoms with Crippen molar-refractivity contribution in [1.82, 2.24) is 0 Å². The summed E-state index contributed by atoms with van der Waals surface area (Å²) >= 11 is 1.76. The van der Waals surface area contributed by atoms with E-state index in [1.807, 2.05) is 12.1 Å². The molecule has 0 heterocycles. The lowest BCUT2D eigenvalue weighted by molar-refractivity contribution is 0.415. The summed E-state index contributed by atoms with van der Waals surface area (Å²) in [5.74, 6) is 0.895. The van der Waals surface area contributed by atoms with Gasteiger partial charge in [-0.25, -0.2) is 0 Å². The second kappa shape index (κ2) is 5.08. The fourth-order valence-electron chi connectivity index (χ4n) is 1.61. The molecular weight excluding hydrogens is 216 g/mol. The number of thioether (sulfide) groups is 1. The van der Waals surface area contributed by atoms with Gasteiger partial charge < -0.3 is 4.74 Å². The average Bonchev–Trinajstić information content (AvgIpc) is 2.39. The lowest BCUT2D eigenvalue weighted by Gasteiger charge is -2.06. The van der Waals surface area contributed by atoms with Gasteiger partial charge in [0.25, 0.3) is 0 Å². The quantitative estimate of drug-likeness (QED) is 0.735. The Kier molecular flexibility index (Phi) is 3.52. The van der Waals surface area contributed by atoms with E-state index in [-0.39, 0.29) is 0 Å². The number of ether oxygens (including phenoxy) is 1. The van der Waals surface area contributed by atoms with Crippen LogP contribution in [-0.4, -0.2) is 13.4 Å². The van der Waals surface area contributed by atoms with Crippen LogP contribution in [0.4, 0.5) is 0 Å².